The first-order valence-electron chi connectivity index (χ1n) is 10.1. The number of hydrogen-bond donors (Lipinski definition) is 1. The maximum Gasteiger partial charge on any atom is 0.237 e. The second kappa shape index (κ2) is 9.65. The summed E-state index contributed by atoms with van der Waals surface area (Å²) >= 11 is 0. The molecule has 1 aliphatic rings. The Morgan fingerprint density at radius 3 is 2.38 bits per heavy atom. The lowest BCUT2D eigenvalue weighted by molar-refractivity contribution is -0.126. The van der Waals surface area contributed by atoms with Gasteiger partial charge in [0.1, 0.15) is 11.5 Å². The van der Waals surface area contributed by atoms with E-state index in [0.717, 1.165) is 48.9 Å². The zero-order valence-electron chi connectivity index (χ0n) is 17.7. The topological polar surface area (TPSA) is 54.0 Å². The molecule has 0 bridgehead atoms. The molecule has 6 nitrogen and oxygen atoms in total. The maximum atomic E-state index is 12.8. The Morgan fingerprint density at radius 1 is 0.966 bits per heavy atom. The average molecular weight is 398 g/mol. The van der Waals surface area contributed by atoms with Crippen molar-refractivity contribution in [3.05, 3.63) is 54.1 Å². The molecule has 1 fully saturated rings. The van der Waals surface area contributed by atoms with Gasteiger partial charge in [-0.2, -0.15) is 0 Å². The van der Waals surface area contributed by atoms with Gasteiger partial charge in [-0.15, -0.1) is 0 Å². The first-order chi connectivity index (χ1) is 14.0. The fraction of sp³-hybridized carbons (Fsp3) is 0.435. The fourth-order valence-electron chi connectivity index (χ4n) is 3.78. The third kappa shape index (κ3) is 5.01. The van der Waals surface area contributed by atoms with Crippen LogP contribution in [0.5, 0.6) is 11.5 Å². The van der Waals surface area contributed by atoms with Crippen LogP contribution in [0.15, 0.2) is 48.5 Å². The molecule has 0 aromatic heterocycles. The molecule has 0 saturated carbocycles. The van der Waals surface area contributed by atoms with E-state index in [1.54, 1.807) is 14.2 Å². The Kier molecular flexibility index (Phi) is 6.99. The van der Waals surface area contributed by atoms with E-state index in [0.29, 0.717) is 0 Å². The Hall–Kier alpha value is -2.73. The minimum absolute atomic E-state index is 0.0400. The number of hydrogen-bond acceptors (Lipinski definition) is 5. The van der Waals surface area contributed by atoms with Crippen LogP contribution in [0.1, 0.15) is 25.5 Å². The predicted octanol–water partition coefficient (Wildman–Crippen LogP) is 3.09. The molecule has 0 aliphatic carbocycles. The van der Waals surface area contributed by atoms with Crippen molar-refractivity contribution >= 4 is 11.6 Å². The van der Waals surface area contributed by atoms with Crippen LogP contribution in [0.25, 0.3) is 0 Å². The van der Waals surface area contributed by atoms with Gasteiger partial charge in [-0.05, 0) is 32.0 Å². The third-order valence-corrected chi connectivity index (χ3v) is 5.62. The molecule has 1 amide bonds. The number of benzene rings is 2. The number of carbonyl (C=O) groups excluding carboxylic acids is 1. The Balaban J connectivity index is 1.55. The van der Waals surface area contributed by atoms with E-state index in [1.807, 2.05) is 50.2 Å². The smallest absolute Gasteiger partial charge is 0.237 e. The summed E-state index contributed by atoms with van der Waals surface area (Å²) in [4.78, 5) is 17.4. The molecule has 156 valence electrons. The van der Waals surface area contributed by atoms with Gasteiger partial charge in [0.15, 0.2) is 0 Å². The molecule has 0 spiro atoms. The van der Waals surface area contributed by atoms with Crippen LogP contribution in [-0.4, -0.2) is 57.2 Å². The van der Waals surface area contributed by atoms with Gasteiger partial charge in [0.2, 0.25) is 5.91 Å². The molecule has 2 atom stereocenters. The van der Waals surface area contributed by atoms with Gasteiger partial charge in [-0.3, -0.25) is 9.69 Å². The van der Waals surface area contributed by atoms with Gasteiger partial charge in [0, 0.05) is 43.5 Å². The lowest BCUT2D eigenvalue weighted by Gasteiger charge is -2.38. The second-order valence-corrected chi connectivity index (χ2v) is 7.37. The zero-order valence-corrected chi connectivity index (χ0v) is 17.7. The van der Waals surface area contributed by atoms with Crippen LogP contribution in [-0.2, 0) is 4.79 Å². The van der Waals surface area contributed by atoms with Crippen molar-refractivity contribution in [3.63, 3.8) is 0 Å². The summed E-state index contributed by atoms with van der Waals surface area (Å²) in [7, 11) is 3.33. The molecule has 2 unspecified atom stereocenters. The summed E-state index contributed by atoms with van der Waals surface area (Å²) in [6.07, 6.45) is 0. The van der Waals surface area contributed by atoms with Crippen molar-refractivity contribution < 1.29 is 14.3 Å². The van der Waals surface area contributed by atoms with Gasteiger partial charge in [-0.25, -0.2) is 0 Å². The van der Waals surface area contributed by atoms with Crippen LogP contribution in [0.4, 0.5) is 5.69 Å². The molecule has 2 aromatic carbocycles. The van der Waals surface area contributed by atoms with Crippen molar-refractivity contribution in [2.45, 2.75) is 25.9 Å². The lowest BCUT2D eigenvalue weighted by atomic mass is 10.1. The first kappa shape index (κ1) is 21.0. The highest BCUT2D eigenvalue weighted by atomic mass is 16.5. The van der Waals surface area contributed by atoms with Gasteiger partial charge < -0.3 is 19.7 Å². The fourth-order valence-corrected chi connectivity index (χ4v) is 3.78. The van der Waals surface area contributed by atoms with E-state index in [1.165, 1.54) is 0 Å². The quantitative estimate of drug-likeness (QED) is 0.778. The van der Waals surface area contributed by atoms with E-state index in [4.69, 9.17) is 9.47 Å². The first-order valence-corrected chi connectivity index (χ1v) is 10.1. The normalized spacial score (nSPS) is 16.8. The maximum absolute atomic E-state index is 12.8. The van der Waals surface area contributed by atoms with Gasteiger partial charge in [-0.1, -0.05) is 24.3 Å². The number of methoxy groups -OCH3 is 2. The molecule has 2 aromatic rings. The molecule has 1 saturated heterocycles. The molecule has 0 radical (unpaired) electrons. The number of ether oxygens (including phenoxy) is 2. The van der Waals surface area contributed by atoms with Crippen LogP contribution in [0.2, 0.25) is 0 Å². The lowest BCUT2D eigenvalue weighted by Crippen LogP contribution is -2.54. The standard InChI is InChI=1S/C23H31N3O3/c1-17(21-10-5-6-11-22(21)29-4)24-23(27)18(2)25-12-14-26(15-13-25)19-8-7-9-20(16-19)28-3/h5-11,16-18H,12-15H2,1-4H3,(H,24,27). The molecule has 1 heterocycles. The van der Waals surface area contributed by atoms with Crippen molar-refractivity contribution in [2.75, 3.05) is 45.3 Å². The predicted molar refractivity (Wildman–Crippen MR) is 116 cm³/mol. The second-order valence-electron chi connectivity index (χ2n) is 7.37. The van der Waals surface area contributed by atoms with Crippen molar-refractivity contribution in [1.82, 2.24) is 10.2 Å². The van der Waals surface area contributed by atoms with Gasteiger partial charge in [0.25, 0.3) is 0 Å². The van der Waals surface area contributed by atoms with Gasteiger partial charge >= 0.3 is 0 Å². The molecule has 29 heavy (non-hydrogen) atoms. The van der Waals surface area contributed by atoms with E-state index >= 15 is 0 Å². The summed E-state index contributed by atoms with van der Waals surface area (Å²) in [5.41, 5.74) is 2.14. The van der Waals surface area contributed by atoms with E-state index in [2.05, 4.69) is 27.2 Å². The zero-order chi connectivity index (χ0) is 20.8. The molecular weight excluding hydrogens is 366 g/mol. The number of carbonyl (C=O) groups is 1. The summed E-state index contributed by atoms with van der Waals surface area (Å²) in [6, 6.07) is 15.6. The highest BCUT2D eigenvalue weighted by molar-refractivity contribution is 5.81. The number of para-hydroxylation sites is 1. The van der Waals surface area contributed by atoms with Crippen LogP contribution < -0.4 is 19.7 Å². The Morgan fingerprint density at radius 2 is 1.69 bits per heavy atom. The highest BCUT2D eigenvalue weighted by Gasteiger charge is 2.27. The number of rotatable bonds is 7. The average Bonchev–Trinajstić information content (AvgIpc) is 2.78. The van der Waals surface area contributed by atoms with Crippen molar-refractivity contribution in [3.8, 4) is 11.5 Å². The number of amides is 1. The minimum atomic E-state index is -0.181. The number of nitrogens with zero attached hydrogens (tertiary/aromatic N) is 2. The van der Waals surface area contributed by atoms with Crippen LogP contribution in [0.3, 0.4) is 0 Å². The molecular formula is C23H31N3O3. The Bertz CT molecular complexity index is 819. The monoisotopic (exact) mass is 397 g/mol. The van der Waals surface area contributed by atoms with E-state index in [-0.39, 0.29) is 18.0 Å². The minimum Gasteiger partial charge on any atom is -0.497 e. The largest absolute Gasteiger partial charge is 0.497 e. The number of nitrogens with one attached hydrogen (secondary N) is 1. The summed E-state index contributed by atoms with van der Waals surface area (Å²) in [5.74, 6) is 1.70. The SMILES string of the molecule is COc1cccc(N2CCN(C(C)C(=O)NC(C)c3ccccc3OC)CC2)c1. The summed E-state index contributed by atoms with van der Waals surface area (Å²) in [5, 5.41) is 3.14. The van der Waals surface area contributed by atoms with Crippen LogP contribution >= 0.6 is 0 Å². The highest BCUT2D eigenvalue weighted by Crippen LogP contribution is 2.25. The molecule has 6 heteroatoms. The van der Waals surface area contributed by atoms with Crippen LogP contribution in [0, 0.1) is 0 Å². The van der Waals surface area contributed by atoms with Gasteiger partial charge in [0.05, 0.1) is 26.3 Å². The molecule has 3 rings (SSSR count). The van der Waals surface area contributed by atoms with E-state index < -0.39 is 0 Å². The van der Waals surface area contributed by atoms with Crippen molar-refractivity contribution in [2.24, 2.45) is 0 Å². The summed E-state index contributed by atoms with van der Waals surface area (Å²) < 4.78 is 10.7. The van der Waals surface area contributed by atoms with E-state index in [9.17, 15) is 4.79 Å². The number of anilines is 1. The summed E-state index contributed by atoms with van der Waals surface area (Å²) in [6.45, 7) is 7.41. The molecule has 1 aliphatic heterocycles. The third-order valence-electron chi connectivity index (χ3n) is 5.62. The van der Waals surface area contributed by atoms with Crippen molar-refractivity contribution in [1.29, 1.82) is 0 Å². The number of piperazine rings is 1. The Labute approximate surface area is 173 Å². The molecule has 1 N–H and O–H groups in total.